The van der Waals surface area contributed by atoms with Gasteiger partial charge in [-0.25, -0.2) is 8.42 Å². The summed E-state index contributed by atoms with van der Waals surface area (Å²) >= 11 is 0. The molecule has 1 aliphatic carbocycles. The number of carbonyl (C=O) groups excluding carboxylic acids is 1. The van der Waals surface area contributed by atoms with Crippen LogP contribution in [0.25, 0.3) is 0 Å². The third kappa shape index (κ3) is 3.52. The molecular weight excluding hydrogens is 276 g/mol. The molecule has 2 fully saturated rings. The normalized spacial score (nSPS) is 26.6. The van der Waals surface area contributed by atoms with E-state index in [0.29, 0.717) is 25.9 Å². The molecule has 0 spiro atoms. The number of hydrogen-bond donors (Lipinski definition) is 1. The van der Waals surface area contributed by atoms with Crippen molar-refractivity contribution in [2.75, 3.05) is 18.8 Å². The molecule has 1 atom stereocenters. The lowest BCUT2D eigenvalue weighted by molar-refractivity contribution is -0.133. The van der Waals surface area contributed by atoms with Crippen LogP contribution in [0.2, 0.25) is 0 Å². The molecule has 2 rings (SSSR count). The Bertz CT molecular complexity index is 430. The van der Waals surface area contributed by atoms with Crippen molar-refractivity contribution in [3.8, 4) is 0 Å². The number of nitrogens with zero attached hydrogens (tertiary/aromatic N) is 1. The maximum atomic E-state index is 12.7. The van der Waals surface area contributed by atoms with Crippen LogP contribution in [0, 0.1) is 0 Å². The first-order chi connectivity index (χ1) is 9.56. The fraction of sp³-hybridized carbons (Fsp3) is 0.929. The molecule has 2 N–H and O–H groups in total. The average molecular weight is 302 g/mol. The zero-order valence-electron chi connectivity index (χ0n) is 12.1. The predicted molar refractivity (Wildman–Crippen MR) is 79.1 cm³/mol. The highest BCUT2D eigenvalue weighted by atomic mass is 32.2. The zero-order valence-corrected chi connectivity index (χ0v) is 12.9. The number of rotatable bonds is 5. The third-order valence-corrected chi connectivity index (χ3v) is 6.67. The van der Waals surface area contributed by atoms with Crippen molar-refractivity contribution in [2.45, 2.75) is 62.7 Å². The minimum Gasteiger partial charge on any atom is -0.339 e. The van der Waals surface area contributed by atoms with E-state index < -0.39 is 15.1 Å². The number of carbonyl (C=O) groups is 1. The Kier molecular flexibility index (Phi) is 5.43. The molecule has 1 saturated carbocycles. The summed E-state index contributed by atoms with van der Waals surface area (Å²) in [5, 5.41) is -0.797. The van der Waals surface area contributed by atoms with Crippen LogP contribution in [-0.4, -0.2) is 49.4 Å². The second-order valence-corrected chi connectivity index (χ2v) is 8.27. The van der Waals surface area contributed by atoms with Crippen LogP contribution >= 0.6 is 0 Å². The van der Waals surface area contributed by atoms with E-state index in [1.165, 1.54) is 0 Å². The van der Waals surface area contributed by atoms with Crippen LogP contribution in [0.3, 0.4) is 0 Å². The van der Waals surface area contributed by atoms with Crippen molar-refractivity contribution in [3.05, 3.63) is 0 Å². The van der Waals surface area contributed by atoms with Gasteiger partial charge in [-0.15, -0.1) is 0 Å². The largest absolute Gasteiger partial charge is 0.339 e. The molecule has 5 nitrogen and oxygen atoms in total. The number of sulfone groups is 1. The summed E-state index contributed by atoms with van der Waals surface area (Å²) in [6, 6.07) is 0.228. The summed E-state index contributed by atoms with van der Waals surface area (Å²) in [6.45, 7) is 1.14. The van der Waals surface area contributed by atoms with Gasteiger partial charge in [-0.3, -0.25) is 4.79 Å². The molecule has 0 aromatic heterocycles. The van der Waals surface area contributed by atoms with E-state index in [1.54, 1.807) is 0 Å². The first-order valence-corrected chi connectivity index (χ1v) is 9.50. The van der Waals surface area contributed by atoms with Crippen molar-refractivity contribution in [1.29, 1.82) is 0 Å². The van der Waals surface area contributed by atoms with Gasteiger partial charge in [0.2, 0.25) is 5.91 Å². The summed E-state index contributed by atoms with van der Waals surface area (Å²) in [5.74, 6) is 0.00349. The maximum absolute atomic E-state index is 12.7. The molecule has 1 unspecified atom stereocenters. The van der Waals surface area contributed by atoms with E-state index in [2.05, 4.69) is 0 Å². The summed E-state index contributed by atoms with van der Waals surface area (Å²) in [6.07, 6.45) is 7.04. The van der Waals surface area contributed by atoms with Gasteiger partial charge in [0, 0.05) is 12.6 Å². The van der Waals surface area contributed by atoms with E-state index in [1.807, 2.05) is 4.90 Å². The summed E-state index contributed by atoms with van der Waals surface area (Å²) in [5.41, 5.74) is 5.55. The van der Waals surface area contributed by atoms with Crippen LogP contribution in [0.5, 0.6) is 0 Å². The minimum atomic E-state index is -3.24. The van der Waals surface area contributed by atoms with Crippen molar-refractivity contribution in [2.24, 2.45) is 5.73 Å². The van der Waals surface area contributed by atoms with Crippen molar-refractivity contribution < 1.29 is 13.2 Å². The molecule has 6 heteroatoms. The molecule has 0 bridgehead atoms. The molecule has 0 aromatic carbocycles. The Morgan fingerprint density at radius 1 is 1.10 bits per heavy atom. The molecule has 116 valence electrons. The van der Waals surface area contributed by atoms with Gasteiger partial charge in [0.05, 0.1) is 5.75 Å². The quantitative estimate of drug-likeness (QED) is 0.824. The SMILES string of the molecule is NCCCN(C(=O)C1CCCCS1(=O)=O)C1CCCC1. The van der Waals surface area contributed by atoms with E-state index in [9.17, 15) is 13.2 Å². The molecule has 2 aliphatic rings. The molecule has 1 aliphatic heterocycles. The van der Waals surface area contributed by atoms with Crippen LogP contribution in [0.1, 0.15) is 51.4 Å². The lowest BCUT2D eigenvalue weighted by Crippen LogP contribution is -2.49. The topological polar surface area (TPSA) is 80.5 Å². The molecule has 0 radical (unpaired) electrons. The van der Waals surface area contributed by atoms with E-state index >= 15 is 0 Å². The summed E-state index contributed by atoms with van der Waals surface area (Å²) < 4.78 is 24.3. The fourth-order valence-corrected chi connectivity index (χ4v) is 5.23. The molecule has 1 amide bonds. The van der Waals surface area contributed by atoms with Gasteiger partial charge in [-0.1, -0.05) is 19.3 Å². The standard InChI is InChI=1S/C14H26N2O3S/c15-9-5-10-16(12-6-1-2-7-12)14(17)13-8-3-4-11-20(13,18)19/h12-13H,1-11,15H2. The highest BCUT2D eigenvalue weighted by Gasteiger charge is 2.39. The van der Waals surface area contributed by atoms with Gasteiger partial charge in [-0.05, 0) is 38.6 Å². The van der Waals surface area contributed by atoms with Crippen LogP contribution < -0.4 is 5.73 Å². The number of amides is 1. The Labute approximate surface area is 121 Å². The van der Waals surface area contributed by atoms with Gasteiger partial charge < -0.3 is 10.6 Å². The van der Waals surface area contributed by atoms with Gasteiger partial charge in [0.25, 0.3) is 0 Å². The molecular formula is C14H26N2O3S. The highest BCUT2D eigenvalue weighted by molar-refractivity contribution is 7.92. The summed E-state index contributed by atoms with van der Waals surface area (Å²) in [4.78, 5) is 14.5. The minimum absolute atomic E-state index is 0.162. The van der Waals surface area contributed by atoms with Crippen LogP contribution in [-0.2, 0) is 14.6 Å². The molecule has 20 heavy (non-hydrogen) atoms. The molecule has 1 saturated heterocycles. The number of nitrogens with two attached hydrogens (primary N) is 1. The van der Waals surface area contributed by atoms with E-state index in [0.717, 1.165) is 38.5 Å². The highest BCUT2D eigenvalue weighted by Crippen LogP contribution is 2.28. The Morgan fingerprint density at radius 2 is 1.75 bits per heavy atom. The Morgan fingerprint density at radius 3 is 2.35 bits per heavy atom. The lowest BCUT2D eigenvalue weighted by atomic mass is 10.1. The zero-order chi connectivity index (χ0) is 14.6. The first-order valence-electron chi connectivity index (χ1n) is 7.78. The second kappa shape index (κ2) is 6.89. The monoisotopic (exact) mass is 302 g/mol. The third-order valence-electron chi connectivity index (χ3n) is 4.51. The van der Waals surface area contributed by atoms with Crippen molar-refractivity contribution >= 4 is 15.7 Å². The average Bonchev–Trinajstić information content (AvgIpc) is 2.92. The van der Waals surface area contributed by atoms with Crippen molar-refractivity contribution in [1.82, 2.24) is 4.90 Å². The van der Waals surface area contributed by atoms with Crippen LogP contribution in [0.4, 0.5) is 0 Å². The van der Waals surface area contributed by atoms with Gasteiger partial charge in [-0.2, -0.15) is 0 Å². The summed E-state index contributed by atoms with van der Waals surface area (Å²) in [7, 11) is -3.24. The van der Waals surface area contributed by atoms with Gasteiger partial charge in [0.1, 0.15) is 5.25 Å². The van der Waals surface area contributed by atoms with E-state index in [-0.39, 0.29) is 17.7 Å². The van der Waals surface area contributed by atoms with Gasteiger partial charge in [0.15, 0.2) is 9.84 Å². The lowest BCUT2D eigenvalue weighted by Gasteiger charge is -2.33. The Balaban J connectivity index is 2.12. The van der Waals surface area contributed by atoms with Crippen molar-refractivity contribution in [3.63, 3.8) is 0 Å². The fourth-order valence-electron chi connectivity index (χ4n) is 3.37. The smallest absolute Gasteiger partial charge is 0.241 e. The molecule has 0 aromatic rings. The maximum Gasteiger partial charge on any atom is 0.241 e. The van der Waals surface area contributed by atoms with Gasteiger partial charge >= 0.3 is 0 Å². The first kappa shape index (κ1) is 15.8. The number of hydrogen-bond acceptors (Lipinski definition) is 4. The Hall–Kier alpha value is -0.620. The van der Waals surface area contributed by atoms with E-state index in [4.69, 9.17) is 5.73 Å². The molecule has 1 heterocycles. The van der Waals surface area contributed by atoms with Crippen LogP contribution in [0.15, 0.2) is 0 Å². The second-order valence-electron chi connectivity index (χ2n) is 5.96. The predicted octanol–water partition coefficient (Wildman–Crippen LogP) is 1.07.